The van der Waals surface area contributed by atoms with Crippen LogP contribution in [0.3, 0.4) is 0 Å². The Morgan fingerprint density at radius 3 is 2.72 bits per heavy atom. The molecule has 0 saturated carbocycles. The SMILES string of the molecule is CN1Cc2cccnc2C(N2CCN(C(=O)CC3CCNCC3)CC2)c2ccc(Cl)cc21. The van der Waals surface area contributed by atoms with Crippen LogP contribution >= 0.6 is 11.6 Å². The molecule has 1 amide bonds. The van der Waals surface area contributed by atoms with E-state index in [4.69, 9.17) is 16.6 Å². The second kappa shape index (κ2) is 9.38. The number of hydrogen-bond donors (Lipinski definition) is 1. The average Bonchev–Trinajstić information content (AvgIpc) is 2.93. The summed E-state index contributed by atoms with van der Waals surface area (Å²) in [4.78, 5) is 24.6. The molecule has 0 spiro atoms. The first-order chi connectivity index (χ1) is 15.6. The van der Waals surface area contributed by atoms with Crippen LogP contribution in [0.1, 0.15) is 42.1 Å². The predicted molar refractivity (Wildman–Crippen MR) is 128 cm³/mol. The number of carbonyl (C=O) groups excluding carboxylic acids is 1. The third-order valence-electron chi connectivity index (χ3n) is 7.25. The lowest BCUT2D eigenvalue weighted by molar-refractivity contribution is -0.134. The van der Waals surface area contributed by atoms with Crippen molar-refractivity contribution in [1.29, 1.82) is 0 Å². The summed E-state index contributed by atoms with van der Waals surface area (Å²) in [5, 5.41) is 4.14. The van der Waals surface area contributed by atoms with Gasteiger partial charge in [-0.25, -0.2) is 0 Å². The molecule has 2 fully saturated rings. The molecule has 1 aromatic carbocycles. The normalized spacial score (nSPS) is 22.2. The number of amides is 1. The third kappa shape index (κ3) is 4.36. The molecular formula is C25H32ClN5O. The summed E-state index contributed by atoms with van der Waals surface area (Å²) in [6.45, 7) is 6.15. The van der Waals surface area contributed by atoms with Gasteiger partial charge in [-0.2, -0.15) is 0 Å². The van der Waals surface area contributed by atoms with E-state index in [-0.39, 0.29) is 6.04 Å². The molecule has 2 aromatic rings. The van der Waals surface area contributed by atoms with Gasteiger partial charge in [-0.15, -0.1) is 0 Å². The number of carbonyl (C=O) groups is 1. The second-order valence-electron chi connectivity index (χ2n) is 9.32. The van der Waals surface area contributed by atoms with Gasteiger partial charge in [-0.05, 0) is 61.2 Å². The Morgan fingerprint density at radius 2 is 1.94 bits per heavy atom. The highest BCUT2D eigenvalue weighted by molar-refractivity contribution is 6.30. The Bertz CT molecular complexity index is 969. The smallest absolute Gasteiger partial charge is 0.222 e. The van der Waals surface area contributed by atoms with E-state index in [1.165, 1.54) is 11.1 Å². The van der Waals surface area contributed by atoms with Crippen molar-refractivity contribution in [3.63, 3.8) is 0 Å². The van der Waals surface area contributed by atoms with Gasteiger partial charge < -0.3 is 15.1 Å². The fourth-order valence-corrected chi connectivity index (χ4v) is 5.62. The minimum Gasteiger partial charge on any atom is -0.370 e. The maximum Gasteiger partial charge on any atom is 0.222 e. The zero-order valence-electron chi connectivity index (χ0n) is 18.8. The molecule has 5 rings (SSSR count). The van der Waals surface area contributed by atoms with Crippen molar-refractivity contribution >= 4 is 23.2 Å². The van der Waals surface area contributed by atoms with Gasteiger partial charge in [-0.3, -0.25) is 14.7 Å². The first kappa shape index (κ1) is 21.7. The quantitative estimate of drug-likeness (QED) is 0.772. The highest BCUT2D eigenvalue weighted by Crippen LogP contribution is 2.40. The average molecular weight is 454 g/mol. The highest BCUT2D eigenvalue weighted by atomic mass is 35.5. The van der Waals surface area contributed by atoms with Crippen molar-refractivity contribution in [3.8, 4) is 0 Å². The second-order valence-corrected chi connectivity index (χ2v) is 9.76. The van der Waals surface area contributed by atoms with Crippen LogP contribution in [0.15, 0.2) is 36.5 Å². The first-order valence-corrected chi connectivity index (χ1v) is 12.1. The van der Waals surface area contributed by atoms with Crippen molar-refractivity contribution in [2.24, 2.45) is 5.92 Å². The molecule has 1 N–H and O–H groups in total. The molecule has 2 saturated heterocycles. The summed E-state index contributed by atoms with van der Waals surface area (Å²) in [7, 11) is 2.12. The summed E-state index contributed by atoms with van der Waals surface area (Å²) < 4.78 is 0. The van der Waals surface area contributed by atoms with Gasteiger partial charge in [0.05, 0.1) is 11.7 Å². The lowest BCUT2D eigenvalue weighted by atomic mass is 9.94. The molecule has 1 aromatic heterocycles. The number of aromatic nitrogens is 1. The molecule has 0 radical (unpaired) electrons. The minimum atomic E-state index is 0.0742. The molecule has 1 unspecified atom stereocenters. The number of hydrogen-bond acceptors (Lipinski definition) is 5. The number of benzene rings is 1. The molecule has 4 heterocycles. The molecule has 6 nitrogen and oxygen atoms in total. The number of pyridine rings is 1. The Balaban J connectivity index is 1.36. The van der Waals surface area contributed by atoms with Crippen LogP contribution in [0, 0.1) is 5.92 Å². The molecule has 7 heteroatoms. The van der Waals surface area contributed by atoms with Crippen molar-refractivity contribution < 1.29 is 4.79 Å². The molecular weight excluding hydrogens is 422 g/mol. The van der Waals surface area contributed by atoms with E-state index in [2.05, 4.69) is 45.3 Å². The number of nitrogens with one attached hydrogen (secondary N) is 1. The Labute approximate surface area is 195 Å². The van der Waals surface area contributed by atoms with Crippen LogP contribution < -0.4 is 10.2 Å². The van der Waals surface area contributed by atoms with Gasteiger partial charge in [0.15, 0.2) is 0 Å². The third-order valence-corrected chi connectivity index (χ3v) is 7.48. The number of rotatable bonds is 3. The molecule has 32 heavy (non-hydrogen) atoms. The maximum absolute atomic E-state index is 12.9. The highest BCUT2D eigenvalue weighted by Gasteiger charge is 2.34. The van der Waals surface area contributed by atoms with E-state index in [0.29, 0.717) is 18.2 Å². The van der Waals surface area contributed by atoms with Gasteiger partial charge in [0.2, 0.25) is 5.91 Å². The number of nitrogens with zero attached hydrogens (tertiary/aromatic N) is 4. The summed E-state index contributed by atoms with van der Waals surface area (Å²) in [5.41, 5.74) is 4.76. The topological polar surface area (TPSA) is 51.7 Å². The van der Waals surface area contributed by atoms with Gasteiger partial charge >= 0.3 is 0 Å². The number of piperazine rings is 1. The number of piperidine rings is 1. The maximum atomic E-state index is 12.9. The van der Waals surface area contributed by atoms with Gasteiger partial charge in [-0.1, -0.05) is 23.7 Å². The lowest BCUT2D eigenvalue weighted by Gasteiger charge is -2.40. The first-order valence-electron chi connectivity index (χ1n) is 11.8. The molecule has 0 aliphatic carbocycles. The Hall–Kier alpha value is -2.15. The van der Waals surface area contributed by atoms with E-state index in [1.807, 2.05) is 18.3 Å². The zero-order valence-corrected chi connectivity index (χ0v) is 19.5. The summed E-state index contributed by atoms with van der Waals surface area (Å²) >= 11 is 6.37. The summed E-state index contributed by atoms with van der Waals surface area (Å²) in [5.74, 6) is 0.856. The summed E-state index contributed by atoms with van der Waals surface area (Å²) in [6, 6.07) is 10.5. The number of anilines is 1. The van der Waals surface area contributed by atoms with E-state index in [9.17, 15) is 4.79 Å². The fourth-order valence-electron chi connectivity index (χ4n) is 5.46. The van der Waals surface area contributed by atoms with Crippen molar-refractivity contribution in [1.82, 2.24) is 20.1 Å². The van der Waals surface area contributed by atoms with Crippen LogP contribution in [0.5, 0.6) is 0 Å². The minimum absolute atomic E-state index is 0.0742. The van der Waals surface area contributed by atoms with E-state index in [1.54, 1.807) is 0 Å². The lowest BCUT2D eigenvalue weighted by Crippen LogP contribution is -2.50. The predicted octanol–water partition coefficient (Wildman–Crippen LogP) is 3.31. The Kier molecular flexibility index (Phi) is 6.35. The molecule has 1 atom stereocenters. The van der Waals surface area contributed by atoms with Gasteiger partial charge in [0.25, 0.3) is 0 Å². The summed E-state index contributed by atoms with van der Waals surface area (Å²) in [6.07, 6.45) is 4.82. The van der Waals surface area contributed by atoms with Crippen LogP contribution in [0.2, 0.25) is 5.02 Å². The molecule has 0 bridgehead atoms. The van der Waals surface area contributed by atoms with Gasteiger partial charge in [0.1, 0.15) is 0 Å². The molecule has 170 valence electrons. The largest absolute Gasteiger partial charge is 0.370 e. The monoisotopic (exact) mass is 453 g/mol. The van der Waals surface area contributed by atoms with E-state index < -0.39 is 0 Å². The molecule has 3 aliphatic heterocycles. The van der Waals surface area contributed by atoms with Crippen molar-refractivity contribution in [2.45, 2.75) is 31.8 Å². The van der Waals surface area contributed by atoms with Gasteiger partial charge in [0, 0.05) is 63.1 Å². The van der Waals surface area contributed by atoms with Crippen LogP contribution in [-0.4, -0.2) is 67.0 Å². The molecule has 3 aliphatic rings. The number of fused-ring (bicyclic) bond motifs is 2. The van der Waals surface area contributed by atoms with Crippen molar-refractivity contribution in [2.75, 3.05) is 51.2 Å². The van der Waals surface area contributed by atoms with Crippen LogP contribution in [0.25, 0.3) is 0 Å². The van der Waals surface area contributed by atoms with Crippen molar-refractivity contribution in [3.05, 3.63) is 58.4 Å². The fraction of sp³-hybridized carbons (Fsp3) is 0.520. The number of halogens is 1. The van der Waals surface area contributed by atoms with Crippen LogP contribution in [-0.2, 0) is 11.3 Å². The van der Waals surface area contributed by atoms with Crippen LogP contribution in [0.4, 0.5) is 5.69 Å². The van der Waals surface area contributed by atoms with E-state index in [0.717, 1.165) is 75.1 Å². The van der Waals surface area contributed by atoms with E-state index >= 15 is 0 Å². The Morgan fingerprint density at radius 1 is 1.16 bits per heavy atom. The standard InChI is InChI=1S/C25H32ClN5O/c1-29-17-19-3-2-8-28-24(19)25(21-5-4-20(26)16-22(21)29)31-13-11-30(12-14-31)23(32)15-18-6-9-27-10-7-18/h2-5,8,16,18,25,27H,6-7,9-15,17H2,1H3. The zero-order chi connectivity index (χ0) is 22.1.